The Morgan fingerprint density at radius 2 is 2.41 bits per heavy atom. The molecule has 3 nitrogen and oxygen atoms in total. The van der Waals surface area contributed by atoms with Crippen molar-refractivity contribution in [1.29, 1.82) is 0 Å². The Morgan fingerprint density at radius 1 is 1.53 bits per heavy atom. The average Bonchev–Trinajstić information content (AvgIpc) is 2.98. The summed E-state index contributed by atoms with van der Waals surface area (Å²) in [6, 6.07) is 4.77. The van der Waals surface area contributed by atoms with Gasteiger partial charge in [-0.05, 0) is 24.8 Å². The number of aromatic nitrogens is 2. The molecule has 17 heavy (non-hydrogen) atoms. The third-order valence-electron chi connectivity index (χ3n) is 2.91. The minimum Gasteiger partial charge on any atom is -0.329 e. The van der Waals surface area contributed by atoms with Crippen LogP contribution in [0.5, 0.6) is 0 Å². The van der Waals surface area contributed by atoms with Crippen LogP contribution in [0.3, 0.4) is 0 Å². The number of nitrogens with one attached hydrogen (secondary N) is 1. The standard InChI is InChI=1S/C13H19N3S/c1-3-11(2)14-6-8-16-9-7-15-13(16)12-5-4-10-17-12/h4-5,7,9-11,14H,3,6,8H2,1-2H3. The molecule has 92 valence electrons. The Morgan fingerprint density at radius 3 is 3.12 bits per heavy atom. The molecular weight excluding hydrogens is 230 g/mol. The Hall–Kier alpha value is -1.13. The molecule has 0 radical (unpaired) electrons. The van der Waals surface area contributed by atoms with Crippen molar-refractivity contribution in [1.82, 2.24) is 14.9 Å². The van der Waals surface area contributed by atoms with Gasteiger partial charge in [-0.3, -0.25) is 0 Å². The van der Waals surface area contributed by atoms with Crippen LogP contribution in [0.25, 0.3) is 10.7 Å². The monoisotopic (exact) mass is 249 g/mol. The highest BCUT2D eigenvalue weighted by atomic mass is 32.1. The molecule has 2 heterocycles. The molecule has 0 aliphatic heterocycles. The minimum atomic E-state index is 0.587. The Kier molecular flexibility index (Phi) is 4.34. The maximum Gasteiger partial charge on any atom is 0.150 e. The van der Waals surface area contributed by atoms with E-state index in [1.54, 1.807) is 11.3 Å². The molecule has 0 amide bonds. The molecule has 0 saturated carbocycles. The van der Waals surface area contributed by atoms with E-state index in [1.165, 1.54) is 11.3 Å². The maximum absolute atomic E-state index is 4.42. The van der Waals surface area contributed by atoms with Gasteiger partial charge < -0.3 is 9.88 Å². The van der Waals surface area contributed by atoms with E-state index >= 15 is 0 Å². The molecule has 2 aromatic heterocycles. The van der Waals surface area contributed by atoms with Gasteiger partial charge in [0.05, 0.1) is 4.88 Å². The Balaban J connectivity index is 1.96. The van der Waals surface area contributed by atoms with Crippen molar-refractivity contribution in [3.8, 4) is 10.7 Å². The van der Waals surface area contributed by atoms with Gasteiger partial charge in [0.25, 0.3) is 0 Å². The minimum absolute atomic E-state index is 0.587. The summed E-state index contributed by atoms with van der Waals surface area (Å²) in [4.78, 5) is 5.66. The second kappa shape index (κ2) is 5.98. The third-order valence-corrected chi connectivity index (χ3v) is 3.78. The van der Waals surface area contributed by atoms with E-state index in [4.69, 9.17) is 0 Å². The van der Waals surface area contributed by atoms with E-state index in [1.807, 2.05) is 12.4 Å². The Labute approximate surface area is 107 Å². The lowest BCUT2D eigenvalue weighted by molar-refractivity contribution is 0.506. The number of nitrogens with zero attached hydrogens (tertiary/aromatic N) is 2. The summed E-state index contributed by atoms with van der Waals surface area (Å²) < 4.78 is 2.21. The van der Waals surface area contributed by atoms with Crippen molar-refractivity contribution in [2.24, 2.45) is 0 Å². The van der Waals surface area contributed by atoms with E-state index in [0.717, 1.165) is 18.9 Å². The van der Waals surface area contributed by atoms with Crippen LogP contribution in [0.4, 0.5) is 0 Å². The molecule has 2 rings (SSSR count). The van der Waals surface area contributed by atoms with E-state index < -0.39 is 0 Å². The second-order valence-electron chi connectivity index (χ2n) is 4.18. The van der Waals surface area contributed by atoms with Crippen LogP contribution in [-0.2, 0) is 6.54 Å². The lowest BCUT2D eigenvalue weighted by Gasteiger charge is -2.12. The summed E-state index contributed by atoms with van der Waals surface area (Å²) >= 11 is 1.74. The third kappa shape index (κ3) is 3.17. The molecule has 0 aliphatic carbocycles. The van der Waals surface area contributed by atoms with Crippen LogP contribution in [0.15, 0.2) is 29.9 Å². The molecule has 1 N–H and O–H groups in total. The average molecular weight is 249 g/mol. The summed E-state index contributed by atoms with van der Waals surface area (Å²) in [6.07, 6.45) is 5.09. The van der Waals surface area contributed by atoms with Crippen LogP contribution in [-0.4, -0.2) is 22.1 Å². The zero-order valence-corrected chi connectivity index (χ0v) is 11.2. The zero-order chi connectivity index (χ0) is 12.1. The van der Waals surface area contributed by atoms with Crippen LogP contribution in [0.2, 0.25) is 0 Å². The smallest absolute Gasteiger partial charge is 0.150 e. The zero-order valence-electron chi connectivity index (χ0n) is 10.4. The van der Waals surface area contributed by atoms with E-state index in [0.29, 0.717) is 6.04 Å². The van der Waals surface area contributed by atoms with Crippen molar-refractivity contribution in [3.63, 3.8) is 0 Å². The summed E-state index contributed by atoms with van der Waals surface area (Å²) in [5.74, 6) is 1.07. The van der Waals surface area contributed by atoms with Crippen LogP contribution >= 0.6 is 11.3 Å². The molecule has 1 unspecified atom stereocenters. The van der Waals surface area contributed by atoms with E-state index in [9.17, 15) is 0 Å². The molecular formula is C13H19N3S. The first-order valence-electron chi connectivity index (χ1n) is 6.09. The van der Waals surface area contributed by atoms with Gasteiger partial charge in [0.1, 0.15) is 5.82 Å². The molecule has 0 bridgehead atoms. The number of thiophene rings is 1. The first kappa shape index (κ1) is 12.3. The van der Waals surface area contributed by atoms with Gasteiger partial charge in [0.2, 0.25) is 0 Å². The predicted molar refractivity (Wildman–Crippen MR) is 73.3 cm³/mol. The van der Waals surface area contributed by atoms with Crippen molar-refractivity contribution < 1.29 is 0 Å². The molecule has 0 aromatic carbocycles. The van der Waals surface area contributed by atoms with E-state index in [-0.39, 0.29) is 0 Å². The van der Waals surface area contributed by atoms with Gasteiger partial charge in [-0.2, -0.15) is 0 Å². The molecule has 0 aliphatic rings. The first-order valence-corrected chi connectivity index (χ1v) is 6.97. The quantitative estimate of drug-likeness (QED) is 0.853. The SMILES string of the molecule is CCC(C)NCCn1ccnc1-c1cccs1. The van der Waals surface area contributed by atoms with Crippen molar-refractivity contribution in [2.75, 3.05) is 6.54 Å². The number of imidazole rings is 1. The normalized spacial score (nSPS) is 12.8. The van der Waals surface area contributed by atoms with Gasteiger partial charge in [-0.15, -0.1) is 11.3 Å². The van der Waals surface area contributed by atoms with Crippen LogP contribution < -0.4 is 5.32 Å². The van der Waals surface area contributed by atoms with Crippen LogP contribution in [0, 0.1) is 0 Å². The van der Waals surface area contributed by atoms with E-state index in [2.05, 4.69) is 46.2 Å². The first-order chi connectivity index (χ1) is 8.31. The van der Waals surface area contributed by atoms with Gasteiger partial charge in [0, 0.05) is 31.5 Å². The lowest BCUT2D eigenvalue weighted by Crippen LogP contribution is -2.28. The maximum atomic E-state index is 4.42. The second-order valence-corrected chi connectivity index (χ2v) is 5.13. The highest BCUT2D eigenvalue weighted by Crippen LogP contribution is 2.22. The fourth-order valence-electron chi connectivity index (χ4n) is 1.70. The summed E-state index contributed by atoms with van der Waals surface area (Å²) in [6.45, 7) is 6.38. The molecule has 0 saturated heterocycles. The fourth-order valence-corrected chi connectivity index (χ4v) is 2.43. The number of hydrogen-bond donors (Lipinski definition) is 1. The number of rotatable bonds is 6. The predicted octanol–water partition coefficient (Wildman–Crippen LogP) is 3.00. The topological polar surface area (TPSA) is 29.9 Å². The summed E-state index contributed by atoms with van der Waals surface area (Å²) in [5, 5.41) is 5.59. The Bertz CT molecular complexity index is 433. The molecule has 0 spiro atoms. The largest absolute Gasteiger partial charge is 0.329 e. The van der Waals surface area contributed by atoms with Crippen molar-refractivity contribution in [2.45, 2.75) is 32.9 Å². The lowest BCUT2D eigenvalue weighted by atomic mass is 10.2. The summed E-state index contributed by atoms with van der Waals surface area (Å²) in [7, 11) is 0. The molecule has 1 atom stereocenters. The van der Waals surface area contributed by atoms with Crippen LogP contribution in [0.1, 0.15) is 20.3 Å². The highest BCUT2D eigenvalue weighted by Gasteiger charge is 2.06. The van der Waals surface area contributed by atoms with Gasteiger partial charge in [-0.25, -0.2) is 4.98 Å². The highest BCUT2D eigenvalue weighted by molar-refractivity contribution is 7.13. The van der Waals surface area contributed by atoms with Crippen molar-refractivity contribution >= 4 is 11.3 Å². The van der Waals surface area contributed by atoms with Gasteiger partial charge >= 0.3 is 0 Å². The van der Waals surface area contributed by atoms with Gasteiger partial charge in [-0.1, -0.05) is 13.0 Å². The van der Waals surface area contributed by atoms with Crippen molar-refractivity contribution in [3.05, 3.63) is 29.9 Å². The van der Waals surface area contributed by atoms with Gasteiger partial charge in [0.15, 0.2) is 0 Å². The molecule has 4 heteroatoms. The fraction of sp³-hybridized carbons (Fsp3) is 0.462. The molecule has 0 fully saturated rings. The number of hydrogen-bond acceptors (Lipinski definition) is 3. The molecule has 2 aromatic rings. The summed E-state index contributed by atoms with van der Waals surface area (Å²) in [5.41, 5.74) is 0.